The van der Waals surface area contributed by atoms with E-state index in [0.717, 1.165) is 6.54 Å². The topological polar surface area (TPSA) is 15.3 Å². The van der Waals surface area contributed by atoms with Crippen molar-refractivity contribution < 1.29 is 0 Å². The summed E-state index contributed by atoms with van der Waals surface area (Å²) in [6, 6.07) is 15.0. The molecule has 1 saturated heterocycles. The van der Waals surface area contributed by atoms with Crippen molar-refractivity contribution in [3.8, 4) is 11.1 Å². The van der Waals surface area contributed by atoms with E-state index in [4.69, 9.17) is 0 Å². The van der Waals surface area contributed by atoms with E-state index < -0.39 is 0 Å². The Hall–Kier alpha value is -1.45. The van der Waals surface area contributed by atoms with Crippen molar-refractivity contribution in [2.75, 3.05) is 30.3 Å². The first kappa shape index (κ1) is 17.6. The smallest absolute Gasteiger partial charge is 0.0544 e. The van der Waals surface area contributed by atoms with Gasteiger partial charge in [-0.05, 0) is 72.4 Å². The molecule has 1 N–H and O–H groups in total. The summed E-state index contributed by atoms with van der Waals surface area (Å²) < 4.78 is 0. The maximum atomic E-state index is 3.65. The van der Waals surface area contributed by atoms with Gasteiger partial charge in [-0.25, -0.2) is 0 Å². The highest BCUT2D eigenvalue weighted by atomic mass is 32.2. The van der Waals surface area contributed by atoms with Gasteiger partial charge in [0.25, 0.3) is 0 Å². The molecule has 0 saturated carbocycles. The SMILES string of the molecule is CCCCc1ccc(-c2cc3c4c(c2)C2CNCCC2N4CCCS3)cc1. The van der Waals surface area contributed by atoms with Crippen molar-refractivity contribution >= 4 is 17.4 Å². The van der Waals surface area contributed by atoms with Crippen LogP contribution in [-0.2, 0) is 6.42 Å². The Morgan fingerprint density at radius 2 is 2.04 bits per heavy atom. The molecule has 142 valence electrons. The van der Waals surface area contributed by atoms with Crippen LogP contribution in [0.4, 0.5) is 5.69 Å². The van der Waals surface area contributed by atoms with Crippen LogP contribution in [0.15, 0.2) is 41.3 Å². The molecule has 0 bridgehead atoms. The lowest BCUT2D eigenvalue weighted by atomic mass is 9.88. The lowest BCUT2D eigenvalue weighted by Gasteiger charge is -2.33. The van der Waals surface area contributed by atoms with Crippen LogP contribution in [0.1, 0.15) is 49.7 Å². The van der Waals surface area contributed by atoms with Gasteiger partial charge in [0.15, 0.2) is 0 Å². The number of thioether (sulfide) groups is 1. The normalized spacial score (nSPS) is 23.7. The molecule has 2 unspecified atom stereocenters. The summed E-state index contributed by atoms with van der Waals surface area (Å²) in [6.45, 7) is 5.80. The number of rotatable bonds is 4. The molecule has 2 nitrogen and oxygen atoms in total. The van der Waals surface area contributed by atoms with E-state index in [2.05, 4.69) is 65.3 Å². The second-order valence-electron chi connectivity index (χ2n) is 8.27. The fourth-order valence-electron chi connectivity index (χ4n) is 5.14. The van der Waals surface area contributed by atoms with E-state index in [1.165, 1.54) is 72.5 Å². The van der Waals surface area contributed by atoms with E-state index in [1.807, 2.05) is 0 Å². The van der Waals surface area contributed by atoms with Gasteiger partial charge in [-0.1, -0.05) is 37.6 Å². The molecule has 2 atom stereocenters. The van der Waals surface area contributed by atoms with Crippen LogP contribution in [0, 0.1) is 0 Å². The minimum absolute atomic E-state index is 0.662. The number of piperidine rings is 1. The third-order valence-electron chi connectivity index (χ3n) is 6.54. The van der Waals surface area contributed by atoms with Crippen LogP contribution in [0.3, 0.4) is 0 Å². The molecule has 2 aromatic rings. The average molecular weight is 379 g/mol. The zero-order valence-corrected chi connectivity index (χ0v) is 17.2. The monoisotopic (exact) mass is 378 g/mol. The number of nitrogens with zero attached hydrogens (tertiary/aromatic N) is 1. The van der Waals surface area contributed by atoms with Crippen LogP contribution in [-0.4, -0.2) is 31.4 Å². The van der Waals surface area contributed by atoms with Gasteiger partial charge in [0, 0.05) is 29.9 Å². The molecule has 0 spiro atoms. The molecule has 0 amide bonds. The van der Waals surface area contributed by atoms with Crippen LogP contribution < -0.4 is 10.2 Å². The highest BCUT2D eigenvalue weighted by Crippen LogP contribution is 2.51. The summed E-state index contributed by atoms with van der Waals surface area (Å²) >= 11 is 2.07. The second kappa shape index (κ2) is 7.52. The van der Waals surface area contributed by atoms with Crippen molar-refractivity contribution in [3.05, 3.63) is 47.5 Å². The van der Waals surface area contributed by atoms with E-state index in [0.29, 0.717) is 12.0 Å². The summed E-state index contributed by atoms with van der Waals surface area (Å²) in [5, 5.41) is 3.65. The maximum Gasteiger partial charge on any atom is 0.0544 e. The number of aryl methyl sites for hydroxylation is 1. The summed E-state index contributed by atoms with van der Waals surface area (Å²) in [5.74, 6) is 1.91. The van der Waals surface area contributed by atoms with Crippen LogP contribution >= 0.6 is 11.8 Å². The molecular formula is C24H30N2S. The molecular weight excluding hydrogens is 348 g/mol. The van der Waals surface area contributed by atoms with Gasteiger partial charge >= 0.3 is 0 Å². The molecule has 3 aliphatic rings. The van der Waals surface area contributed by atoms with Gasteiger partial charge in [0.05, 0.1) is 5.69 Å². The maximum absolute atomic E-state index is 3.65. The molecule has 0 radical (unpaired) electrons. The Kier molecular flexibility index (Phi) is 4.91. The predicted molar refractivity (Wildman–Crippen MR) is 117 cm³/mol. The van der Waals surface area contributed by atoms with Crippen molar-refractivity contribution in [1.29, 1.82) is 0 Å². The molecule has 2 aromatic carbocycles. The summed E-state index contributed by atoms with van der Waals surface area (Å²) in [7, 11) is 0. The average Bonchev–Trinajstić information content (AvgIpc) is 2.88. The largest absolute Gasteiger partial charge is 0.367 e. The molecule has 3 heteroatoms. The zero-order chi connectivity index (χ0) is 18.2. The number of anilines is 1. The van der Waals surface area contributed by atoms with Gasteiger partial charge < -0.3 is 10.2 Å². The fourth-order valence-corrected chi connectivity index (χ4v) is 6.21. The van der Waals surface area contributed by atoms with Crippen molar-refractivity contribution in [1.82, 2.24) is 5.32 Å². The van der Waals surface area contributed by atoms with Crippen LogP contribution in [0.2, 0.25) is 0 Å². The Morgan fingerprint density at radius 3 is 2.89 bits per heavy atom. The molecule has 0 aromatic heterocycles. The van der Waals surface area contributed by atoms with E-state index in [9.17, 15) is 0 Å². The first-order valence-corrected chi connectivity index (χ1v) is 11.7. The summed E-state index contributed by atoms with van der Waals surface area (Å²) in [5.41, 5.74) is 7.42. The van der Waals surface area contributed by atoms with E-state index in [1.54, 1.807) is 11.3 Å². The minimum atomic E-state index is 0.662. The third-order valence-corrected chi connectivity index (χ3v) is 7.66. The summed E-state index contributed by atoms with van der Waals surface area (Å²) in [4.78, 5) is 4.28. The highest BCUT2D eigenvalue weighted by Gasteiger charge is 2.41. The quantitative estimate of drug-likeness (QED) is 0.761. The van der Waals surface area contributed by atoms with Gasteiger partial charge in [-0.15, -0.1) is 11.8 Å². The first-order valence-electron chi connectivity index (χ1n) is 10.7. The molecule has 1 fully saturated rings. The lowest BCUT2D eigenvalue weighted by Crippen LogP contribution is -2.44. The van der Waals surface area contributed by atoms with Crippen molar-refractivity contribution in [3.63, 3.8) is 0 Å². The Labute approximate surface area is 167 Å². The van der Waals surface area contributed by atoms with Crippen LogP contribution in [0.5, 0.6) is 0 Å². The van der Waals surface area contributed by atoms with Crippen molar-refractivity contribution in [2.45, 2.75) is 55.9 Å². The van der Waals surface area contributed by atoms with Gasteiger partial charge in [0.1, 0.15) is 0 Å². The molecule has 27 heavy (non-hydrogen) atoms. The Morgan fingerprint density at radius 1 is 1.15 bits per heavy atom. The molecule has 3 aliphatic heterocycles. The minimum Gasteiger partial charge on any atom is -0.367 e. The number of benzene rings is 2. The van der Waals surface area contributed by atoms with Gasteiger partial charge in [-0.3, -0.25) is 0 Å². The standard InChI is InChI=1S/C24H30N2S/c1-2-3-5-17-6-8-18(9-7-17)19-14-20-21-16-25-11-10-22(21)26-12-4-13-27-23(15-19)24(20)26/h6-9,14-15,21-22,25H,2-5,10-13,16H2,1H3. The third kappa shape index (κ3) is 3.19. The molecule has 5 rings (SSSR count). The molecule has 0 aliphatic carbocycles. The van der Waals surface area contributed by atoms with Gasteiger partial charge in [0.2, 0.25) is 0 Å². The fraction of sp³-hybridized carbons (Fsp3) is 0.500. The zero-order valence-electron chi connectivity index (χ0n) is 16.3. The van der Waals surface area contributed by atoms with Crippen LogP contribution in [0.25, 0.3) is 11.1 Å². The highest BCUT2D eigenvalue weighted by molar-refractivity contribution is 7.99. The van der Waals surface area contributed by atoms with E-state index >= 15 is 0 Å². The second-order valence-corrected chi connectivity index (χ2v) is 9.41. The number of unbranched alkanes of at least 4 members (excludes halogenated alkanes) is 1. The lowest BCUT2D eigenvalue weighted by molar-refractivity contribution is 0.403. The number of hydrogen-bond acceptors (Lipinski definition) is 3. The summed E-state index contributed by atoms with van der Waals surface area (Å²) in [6.07, 6.45) is 6.33. The number of fused-ring (bicyclic) bond motifs is 3. The molecule has 3 heterocycles. The van der Waals surface area contributed by atoms with E-state index in [-0.39, 0.29) is 0 Å². The van der Waals surface area contributed by atoms with Crippen molar-refractivity contribution in [2.24, 2.45) is 0 Å². The first-order chi connectivity index (χ1) is 13.3. The van der Waals surface area contributed by atoms with Gasteiger partial charge in [-0.2, -0.15) is 0 Å². The predicted octanol–water partition coefficient (Wildman–Crippen LogP) is 5.46. The Balaban J connectivity index is 1.54. The number of nitrogens with one attached hydrogen (secondary N) is 1. The Bertz CT molecular complexity index is 814. The number of hydrogen-bond donors (Lipinski definition) is 1.